The molecule has 0 fully saturated rings. The number of rotatable bonds is 2. The Balaban J connectivity index is 1.80. The third-order valence-electron chi connectivity index (χ3n) is 2.86. The van der Waals surface area contributed by atoms with Crippen molar-refractivity contribution >= 4 is 43.2 Å². The van der Waals surface area contributed by atoms with Crippen LogP contribution in [0.3, 0.4) is 0 Å². The topological polar surface area (TPSA) is 9.23 Å². The van der Waals surface area contributed by atoms with E-state index in [4.69, 9.17) is 4.74 Å². The molecule has 0 spiro atoms. The first-order valence-electron chi connectivity index (χ1n) is 5.38. The summed E-state index contributed by atoms with van der Waals surface area (Å²) in [4.78, 5) is 1.56. The van der Waals surface area contributed by atoms with Crippen molar-refractivity contribution < 1.29 is 4.74 Å². The Morgan fingerprint density at radius 1 is 1.24 bits per heavy atom. The first-order valence-corrected chi connectivity index (χ1v) is 7.90. The molecule has 0 amide bonds. The molecule has 1 aliphatic heterocycles. The van der Waals surface area contributed by atoms with Crippen LogP contribution in [0.1, 0.15) is 15.3 Å². The summed E-state index contributed by atoms with van der Waals surface area (Å²) >= 11 is 9.00. The zero-order valence-corrected chi connectivity index (χ0v) is 12.9. The van der Waals surface area contributed by atoms with Crippen LogP contribution < -0.4 is 4.74 Å². The van der Waals surface area contributed by atoms with Crippen molar-refractivity contribution in [3.63, 3.8) is 0 Å². The molecule has 3 rings (SSSR count). The number of hydrogen-bond donors (Lipinski definition) is 0. The summed E-state index contributed by atoms with van der Waals surface area (Å²) < 4.78 is 7.14. The van der Waals surface area contributed by atoms with E-state index in [9.17, 15) is 0 Å². The lowest BCUT2D eigenvalue weighted by Crippen LogP contribution is -2.18. The SMILES string of the molecule is Brc1ccc(C(Br)C2Cc3ccccc3O2)s1. The molecule has 0 N–H and O–H groups in total. The van der Waals surface area contributed by atoms with E-state index in [2.05, 4.69) is 56.1 Å². The molecule has 2 heterocycles. The van der Waals surface area contributed by atoms with Crippen LogP contribution in [0.4, 0.5) is 0 Å². The highest BCUT2D eigenvalue weighted by molar-refractivity contribution is 9.11. The van der Waals surface area contributed by atoms with Gasteiger partial charge >= 0.3 is 0 Å². The van der Waals surface area contributed by atoms with Crippen molar-refractivity contribution in [1.82, 2.24) is 0 Å². The number of halogens is 2. The molecule has 1 nitrogen and oxygen atoms in total. The van der Waals surface area contributed by atoms with Gasteiger partial charge in [-0.25, -0.2) is 0 Å². The number of alkyl halides is 1. The van der Waals surface area contributed by atoms with Crippen LogP contribution in [0.5, 0.6) is 5.75 Å². The van der Waals surface area contributed by atoms with Gasteiger partial charge in [-0.05, 0) is 39.7 Å². The Labute approximate surface area is 121 Å². The average Bonchev–Trinajstić information content (AvgIpc) is 2.93. The highest BCUT2D eigenvalue weighted by atomic mass is 79.9. The molecule has 0 bridgehead atoms. The van der Waals surface area contributed by atoms with Crippen LogP contribution in [0.15, 0.2) is 40.2 Å². The van der Waals surface area contributed by atoms with E-state index in [-0.39, 0.29) is 10.9 Å². The largest absolute Gasteiger partial charge is 0.488 e. The molecule has 2 atom stereocenters. The smallest absolute Gasteiger partial charge is 0.123 e. The van der Waals surface area contributed by atoms with E-state index in [0.29, 0.717) is 0 Å². The molecule has 4 heteroatoms. The maximum Gasteiger partial charge on any atom is 0.123 e. The van der Waals surface area contributed by atoms with Gasteiger partial charge in [0.1, 0.15) is 11.9 Å². The lowest BCUT2D eigenvalue weighted by Gasteiger charge is -2.16. The second-order valence-corrected chi connectivity index (χ2v) is 7.49. The van der Waals surface area contributed by atoms with Gasteiger partial charge in [-0.3, -0.25) is 0 Å². The summed E-state index contributed by atoms with van der Waals surface area (Å²) in [5.41, 5.74) is 1.30. The van der Waals surface area contributed by atoms with E-state index in [1.165, 1.54) is 10.4 Å². The summed E-state index contributed by atoms with van der Waals surface area (Å²) in [6.45, 7) is 0. The van der Waals surface area contributed by atoms with Gasteiger partial charge < -0.3 is 4.74 Å². The van der Waals surface area contributed by atoms with Crippen LogP contribution >= 0.6 is 43.2 Å². The minimum Gasteiger partial charge on any atom is -0.488 e. The summed E-state index contributed by atoms with van der Waals surface area (Å²) in [5.74, 6) is 1.03. The molecule has 0 saturated heterocycles. The highest BCUT2D eigenvalue weighted by Crippen LogP contribution is 2.41. The summed E-state index contributed by atoms with van der Waals surface area (Å²) in [6.07, 6.45) is 1.17. The van der Waals surface area contributed by atoms with Gasteiger partial charge in [0.15, 0.2) is 0 Å². The Bertz CT molecular complexity index is 513. The second-order valence-electron chi connectivity index (χ2n) is 4.01. The van der Waals surface area contributed by atoms with Crippen molar-refractivity contribution in [2.24, 2.45) is 0 Å². The molecular weight excluding hydrogens is 364 g/mol. The van der Waals surface area contributed by atoms with E-state index in [0.717, 1.165) is 16.0 Å². The minimum absolute atomic E-state index is 0.193. The van der Waals surface area contributed by atoms with Crippen molar-refractivity contribution in [1.29, 1.82) is 0 Å². The molecule has 0 radical (unpaired) electrons. The first kappa shape index (κ1) is 11.8. The number of hydrogen-bond acceptors (Lipinski definition) is 2. The summed E-state index contributed by atoms with van der Waals surface area (Å²) in [5, 5.41) is 0. The van der Waals surface area contributed by atoms with Gasteiger partial charge in [0.2, 0.25) is 0 Å². The predicted octanol–water partition coefficient (Wildman–Crippen LogP) is 4.95. The summed E-state index contributed by atoms with van der Waals surface area (Å²) in [7, 11) is 0. The lowest BCUT2D eigenvalue weighted by atomic mass is 10.1. The van der Waals surface area contributed by atoms with Crippen LogP contribution in [0.25, 0.3) is 0 Å². The van der Waals surface area contributed by atoms with Gasteiger partial charge in [0.05, 0.1) is 8.61 Å². The molecule has 0 saturated carbocycles. The van der Waals surface area contributed by atoms with Crippen molar-refractivity contribution in [3.05, 3.63) is 50.6 Å². The molecule has 88 valence electrons. The average molecular weight is 374 g/mol. The summed E-state index contributed by atoms with van der Waals surface area (Å²) in [6, 6.07) is 12.5. The van der Waals surface area contributed by atoms with Gasteiger partial charge in [0, 0.05) is 11.3 Å². The second kappa shape index (κ2) is 4.75. The third kappa shape index (κ3) is 2.30. The van der Waals surface area contributed by atoms with Crippen molar-refractivity contribution in [2.75, 3.05) is 0 Å². The van der Waals surface area contributed by atoms with Crippen LogP contribution in [-0.4, -0.2) is 6.10 Å². The lowest BCUT2D eigenvalue weighted by molar-refractivity contribution is 0.233. The molecule has 1 aromatic carbocycles. The fraction of sp³-hybridized carbons (Fsp3) is 0.231. The Morgan fingerprint density at radius 2 is 2.06 bits per heavy atom. The van der Waals surface area contributed by atoms with Gasteiger partial charge in [-0.15, -0.1) is 11.3 Å². The van der Waals surface area contributed by atoms with Gasteiger partial charge in [0.25, 0.3) is 0 Å². The van der Waals surface area contributed by atoms with E-state index >= 15 is 0 Å². The monoisotopic (exact) mass is 372 g/mol. The van der Waals surface area contributed by atoms with Crippen LogP contribution in [0.2, 0.25) is 0 Å². The molecule has 2 unspecified atom stereocenters. The van der Waals surface area contributed by atoms with Crippen LogP contribution in [0, 0.1) is 0 Å². The van der Waals surface area contributed by atoms with Crippen molar-refractivity contribution in [3.8, 4) is 5.75 Å². The normalized spacial score (nSPS) is 19.8. The Hall–Kier alpha value is -0.320. The molecule has 1 aliphatic rings. The fourth-order valence-electron chi connectivity index (χ4n) is 2.03. The minimum atomic E-state index is 0.193. The molecule has 2 aromatic rings. The van der Waals surface area contributed by atoms with Gasteiger partial charge in [-0.2, -0.15) is 0 Å². The third-order valence-corrected chi connectivity index (χ3v) is 5.96. The van der Waals surface area contributed by atoms with Crippen LogP contribution in [-0.2, 0) is 6.42 Å². The number of para-hydroxylation sites is 1. The Kier molecular flexibility index (Phi) is 3.28. The van der Waals surface area contributed by atoms with Gasteiger partial charge in [-0.1, -0.05) is 34.1 Å². The molecule has 0 aliphatic carbocycles. The van der Waals surface area contributed by atoms with Crippen molar-refractivity contribution in [2.45, 2.75) is 17.4 Å². The fourth-order valence-corrected chi connectivity index (χ4v) is 4.21. The zero-order valence-electron chi connectivity index (χ0n) is 8.90. The number of benzene rings is 1. The molecule has 17 heavy (non-hydrogen) atoms. The maximum absolute atomic E-state index is 5.98. The highest BCUT2D eigenvalue weighted by Gasteiger charge is 2.30. The Morgan fingerprint density at radius 3 is 2.76 bits per heavy atom. The quantitative estimate of drug-likeness (QED) is 0.676. The number of fused-ring (bicyclic) bond motifs is 1. The van der Waals surface area contributed by atoms with E-state index in [1.54, 1.807) is 11.3 Å². The predicted molar refractivity (Wildman–Crippen MR) is 78.2 cm³/mol. The van der Waals surface area contributed by atoms with E-state index < -0.39 is 0 Å². The maximum atomic E-state index is 5.98. The first-order chi connectivity index (χ1) is 8.24. The zero-order chi connectivity index (χ0) is 11.8. The molecule has 1 aromatic heterocycles. The van der Waals surface area contributed by atoms with E-state index in [1.807, 2.05) is 12.1 Å². The number of thiophene rings is 1. The molecular formula is C13H10Br2OS. The number of ether oxygens (including phenoxy) is 1. The standard InChI is InChI=1S/C13H10Br2OS/c14-12-6-5-11(17-12)13(15)10-7-8-3-1-2-4-9(8)16-10/h1-6,10,13H,7H2.